The lowest BCUT2D eigenvalue weighted by molar-refractivity contribution is 0.0910. The summed E-state index contributed by atoms with van der Waals surface area (Å²) < 4.78 is 8.14. The van der Waals surface area contributed by atoms with Crippen molar-refractivity contribution in [3.8, 4) is 5.69 Å². The van der Waals surface area contributed by atoms with E-state index >= 15 is 0 Å². The smallest absolute Gasteiger partial charge is 0.270 e. The molecule has 1 amide bonds. The zero-order valence-electron chi connectivity index (χ0n) is 15.7. The molecule has 1 aromatic carbocycles. The van der Waals surface area contributed by atoms with Crippen LogP contribution in [0.5, 0.6) is 0 Å². The summed E-state index contributed by atoms with van der Waals surface area (Å²) in [5.41, 5.74) is 2.50. The quantitative estimate of drug-likeness (QED) is 0.636. The van der Waals surface area contributed by atoms with E-state index in [9.17, 15) is 4.79 Å². The molecule has 2 aromatic heterocycles. The van der Waals surface area contributed by atoms with E-state index in [4.69, 9.17) is 16.6 Å². The van der Waals surface area contributed by atoms with Gasteiger partial charge in [0.1, 0.15) is 17.2 Å². The summed E-state index contributed by atoms with van der Waals surface area (Å²) in [5.74, 6) is 1.70. The third kappa shape index (κ3) is 3.37. The fourth-order valence-corrected chi connectivity index (χ4v) is 4.18. The second-order valence-corrected chi connectivity index (χ2v) is 8.34. The molecular weight excluding hydrogens is 358 g/mol. The molecule has 2 heterocycles. The van der Waals surface area contributed by atoms with Crippen LogP contribution in [-0.4, -0.2) is 15.5 Å². The van der Waals surface area contributed by atoms with Crippen molar-refractivity contribution in [2.45, 2.75) is 39.7 Å². The van der Waals surface area contributed by atoms with Crippen LogP contribution < -0.4 is 5.32 Å². The Balaban J connectivity index is 1.67. The second kappa shape index (κ2) is 6.53. The fourth-order valence-electron chi connectivity index (χ4n) is 3.91. The van der Waals surface area contributed by atoms with Crippen molar-refractivity contribution >= 4 is 18.1 Å². The molecule has 0 unspecified atom stereocenters. The molecule has 2 N–H and O–H groups in total. The Morgan fingerprint density at radius 3 is 2.81 bits per heavy atom. The largest absolute Gasteiger partial charge is 0.466 e. The maximum atomic E-state index is 13.1. The van der Waals surface area contributed by atoms with Crippen molar-refractivity contribution in [2.75, 3.05) is 0 Å². The first-order valence-corrected chi connectivity index (χ1v) is 9.51. The van der Waals surface area contributed by atoms with Crippen LogP contribution in [0.1, 0.15) is 53.9 Å². The number of aryl methyl sites for hydroxylation is 1. The van der Waals surface area contributed by atoms with E-state index in [1.54, 1.807) is 10.8 Å². The zero-order valence-corrected chi connectivity index (χ0v) is 16.5. The van der Waals surface area contributed by atoms with Gasteiger partial charge in [-0.25, -0.2) is 0 Å². The number of hydrogen-bond acceptors (Lipinski definition) is 3. The molecule has 0 fully saturated rings. The number of rotatable bonds is 3. The van der Waals surface area contributed by atoms with E-state index in [2.05, 4.69) is 24.1 Å². The van der Waals surface area contributed by atoms with Gasteiger partial charge in [-0.15, -0.1) is 0 Å². The standard InChI is InChI=1S/C21H23N3O2S/c1-13-9-15-16(10-21(2,3)11-18(15)26-13)23-19(25)17-12-22-20(27)24(17)14-7-5-4-6-8-14/h4-9,12,16H,10-11H2,1-3H3,(H,22,27)(H,23,25)/t16-/m0/s1. The summed E-state index contributed by atoms with van der Waals surface area (Å²) in [6.07, 6.45) is 3.41. The molecule has 6 heteroatoms. The highest BCUT2D eigenvalue weighted by Gasteiger charge is 2.36. The van der Waals surface area contributed by atoms with Gasteiger partial charge >= 0.3 is 0 Å². The Hall–Kier alpha value is -2.60. The van der Waals surface area contributed by atoms with Crippen LogP contribution in [0.25, 0.3) is 5.69 Å². The van der Waals surface area contributed by atoms with Gasteiger partial charge in [0.25, 0.3) is 5.91 Å². The Morgan fingerprint density at radius 1 is 1.33 bits per heavy atom. The molecule has 3 aromatic rings. The summed E-state index contributed by atoms with van der Waals surface area (Å²) in [7, 11) is 0. The van der Waals surface area contributed by atoms with Crippen molar-refractivity contribution < 1.29 is 9.21 Å². The van der Waals surface area contributed by atoms with E-state index in [1.165, 1.54) is 0 Å². The van der Waals surface area contributed by atoms with E-state index in [0.717, 1.165) is 35.6 Å². The van der Waals surface area contributed by atoms with Gasteiger partial charge < -0.3 is 14.7 Å². The minimum absolute atomic E-state index is 0.0615. The average Bonchev–Trinajstić information content (AvgIpc) is 3.17. The molecule has 0 bridgehead atoms. The predicted molar refractivity (Wildman–Crippen MR) is 107 cm³/mol. The van der Waals surface area contributed by atoms with Gasteiger partial charge in [-0.2, -0.15) is 0 Å². The lowest BCUT2D eigenvalue weighted by Crippen LogP contribution is -2.36. The van der Waals surface area contributed by atoms with Gasteiger partial charge in [-0.05, 0) is 49.2 Å². The first-order chi connectivity index (χ1) is 12.8. The third-order valence-corrected chi connectivity index (χ3v) is 5.37. The minimum Gasteiger partial charge on any atom is -0.466 e. The van der Waals surface area contributed by atoms with Crippen LogP contribution in [-0.2, 0) is 6.42 Å². The number of carbonyl (C=O) groups excluding carboxylic acids is 1. The molecule has 0 aliphatic heterocycles. The van der Waals surface area contributed by atoms with E-state index < -0.39 is 0 Å². The maximum Gasteiger partial charge on any atom is 0.270 e. The molecule has 1 aliphatic rings. The number of para-hydroxylation sites is 1. The van der Waals surface area contributed by atoms with Crippen LogP contribution in [0.4, 0.5) is 0 Å². The third-order valence-electron chi connectivity index (χ3n) is 5.06. The van der Waals surface area contributed by atoms with Crippen LogP contribution in [0.3, 0.4) is 0 Å². The van der Waals surface area contributed by atoms with Crippen molar-refractivity contribution in [3.63, 3.8) is 0 Å². The van der Waals surface area contributed by atoms with Crippen molar-refractivity contribution in [3.05, 3.63) is 70.1 Å². The van der Waals surface area contributed by atoms with E-state index in [1.807, 2.05) is 43.3 Å². The number of amides is 1. The van der Waals surface area contributed by atoms with Crippen LogP contribution in [0.15, 0.2) is 47.0 Å². The summed E-state index contributed by atoms with van der Waals surface area (Å²) >= 11 is 5.39. The van der Waals surface area contributed by atoms with Gasteiger partial charge in [0.2, 0.25) is 0 Å². The van der Waals surface area contributed by atoms with Crippen LogP contribution in [0.2, 0.25) is 0 Å². The average molecular weight is 382 g/mol. The number of aromatic nitrogens is 2. The van der Waals surface area contributed by atoms with Crippen LogP contribution in [0, 0.1) is 17.1 Å². The Bertz CT molecular complexity index is 1040. The minimum atomic E-state index is -0.154. The molecule has 0 radical (unpaired) electrons. The SMILES string of the molecule is Cc1cc2c(o1)CC(C)(C)C[C@@H]2NC(=O)c1c[nH]c(=S)n1-c1ccccc1. The lowest BCUT2D eigenvalue weighted by Gasteiger charge is -2.34. The van der Waals surface area contributed by atoms with Gasteiger partial charge in [-0.3, -0.25) is 9.36 Å². The number of furan rings is 1. The predicted octanol–water partition coefficient (Wildman–Crippen LogP) is 4.88. The van der Waals surface area contributed by atoms with Crippen molar-refractivity contribution in [1.29, 1.82) is 0 Å². The molecule has 0 saturated heterocycles. The summed E-state index contributed by atoms with van der Waals surface area (Å²) in [5, 5.41) is 3.20. The number of benzene rings is 1. The topological polar surface area (TPSA) is 63.0 Å². The molecule has 0 spiro atoms. The summed E-state index contributed by atoms with van der Waals surface area (Å²) in [6, 6.07) is 11.6. The highest BCUT2D eigenvalue weighted by atomic mass is 32.1. The normalized spacial score (nSPS) is 18.1. The number of nitrogens with one attached hydrogen (secondary N) is 2. The van der Waals surface area contributed by atoms with Crippen molar-refractivity contribution in [1.82, 2.24) is 14.9 Å². The Labute approximate surface area is 163 Å². The molecule has 5 nitrogen and oxygen atoms in total. The number of H-pyrrole nitrogens is 1. The lowest BCUT2D eigenvalue weighted by atomic mass is 9.74. The highest BCUT2D eigenvalue weighted by Crippen LogP contribution is 2.42. The zero-order chi connectivity index (χ0) is 19.2. The Morgan fingerprint density at radius 2 is 2.07 bits per heavy atom. The number of carbonyl (C=O) groups is 1. The van der Waals surface area contributed by atoms with E-state index in [0.29, 0.717) is 10.5 Å². The molecule has 4 rings (SSSR count). The molecule has 140 valence electrons. The first-order valence-electron chi connectivity index (χ1n) is 9.10. The van der Waals surface area contributed by atoms with Gasteiger partial charge in [0, 0.05) is 23.9 Å². The van der Waals surface area contributed by atoms with Crippen molar-refractivity contribution in [2.24, 2.45) is 5.41 Å². The monoisotopic (exact) mass is 381 g/mol. The molecular formula is C21H23N3O2S. The second-order valence-electron chi connectivity index (χ2n) is 7.96. The van der Waals surface area contributed by atoms with Gasteiger partial charge in [0.05, 0.1) is 6.04 Å². The molecule has 1 aliphatic carbocycles. The first kappa shape index (κ1) is 17.8. The van der Waals surface area contributed by atoms with E-state index in [-0.39, 0.29) is 17.4 Å². The molecule has 27 heavy (non-hydrogen) atoms. The highest BCUT2D eigenvalue weighted by molar-refractivity contribution is 7.71. The number of fused-ring (bicyclic) bond motifs is 1. The summed E-state index contributed by atoms with van der Waals surface area (Å²) in [4.78, 5) is 16.1. The number of imidazole rings is 1. The van der Waals surface area contributed by atoms with Crippen LogP contribution >= 0.6 is 12.2 Å². The number of hydrogen-bond donors (Lipinski definition) is 2. The number of aromatic amines is 1. The fraction of sp³-hybridized carbons (Fsp3) is 0.333. The molecule has 1 atom stereocenters. The van der Waals surface area contributed by atoms with Gasteiger partial charge in [-0.1, -0.05) is 32.0 Å². The van der Waals surface area contributed by atoms with Gasteiger partial charge in [0.15, 0.2) is 4.77 Å². The Kier molecular flexibility index (Phi) is 4.30. The summed E-state index contributed by atoms with van der Waals surface area (Å²) in [6.45, 7) is 6.35. The number of nitrogens with zero attached hydrogens (tertiary/aromatic N) is 1. The maximum absolute atomic E-state index is 13.1. The molecule has 0 saturated carbocycles.